The lowest BCUT2D eigenvalue weighted by atomic mass is 10.0. The molecule has 3 heterocycles. The van der Waals surface area contributed by atoms with Gasteiger partial charge in [0.25, 0.3) is 5.91 Å². The van der Waals surface area contributed by atoms with E-state index >= 15 is 0 Å². The molecule has 1 unspecified atom stereocenters. The molecule has 0 radical (unpaired) electrons. The van der Waals surface area contributed by atoms with E-state index in [0.29, 0.717) is 43.7 Å². The van der Waals surface area contributed by atoms with E-state index in [-0.39, 0.29) is 12.5 Å². The Bertz CT molecular complexity index is 1190. The summed E-state index contributed by atoms with van der Waals surface area (Å²) in [6, 6.07) is 7.77. The first-order valence-corrected chi connectivity index (χ1v) is 11.0. The zero-order chi connectivity index (χ0) is 23.3. The zero-order valence-corrected chi connectivity index (χ0v) is 18.6. The van der Waals surface area contributed by atoms with Crippen molar-refractivity contribution in [1.29, 1.82) is 0 Å². The van der Waals surface area contributed by atoms with Crippen LogP contribution in [0.1, 0.15) is 52.1 Å². The molecule has 10 heteroatoms. The number of nitrogens with one attached hydrogen (secondary N) is 2. The topological polar surface area (TPSA) is 97.5 Å². The predicted molar refractivity (Wildman–Crippen MR) is 117 cm³/mol. The van der Waals surface area contributed by atoms with Gasteiger partial charge in [0.15, 0.2) is 6.23 Å². The van der Waals surface area contributed by atoms with Crippen molar-refractivity contribution in [3.8, 4) is 0 Å². The standard InChI is InChI=1S/C23H27F2N5O3/c1-13-4-3-5-16-14(13)10-18(26-16)20(31)30-9-6-17-15(11-30)19(28-27-17)21(32)29(2)23(7-8-23)12-33-22(24)25/h3-5,10,21-22,26,32H,6-9,11-12H2,1-2H3,(H,27,28). The normalized spacial score (nSPS) is 18.2. The Morgan fingerprint density at radius 1 is 1.39 bits per heavy atom. The lowest BCUT2D eigenvalue weighted by Gasteiger charge is -2.33. The molecule has 3 aromatic rings. The number of aryl methyl sites for hydroxylation is 1. The highest BCUT2D eigenvalue weighted by Gasteiger charge is 2.50. The van der Waals surface area contributed by atoms with Crippen molar-refractivity contribution in [2.24, 2.45) is 0 Å². The fourth-order valence-electron chi connectivity index (χ4n) is 4.70. The monoisotopic (exact) mass is 459 g/mol. The highest BCUT2D eigenvalue weighted by molar-refractivity contribution is 5.98. The number of amides is 1. The first kappa shape index (κ1) is 22.0. The second-order valence-corrected chi connectivity index (χ2v) is 9.04. The minimum absolute atomic E-state index is 0.116. The third-order valence-electron chi connectivity index (χ3n) is 7.03. The summed E-state index contributed by atoms with van der Waals surface area (Å²) >= 11 is 0. The van der Waals surface area contributed by atoms with E-state index in [0.717, 1.165) is 27.7 Å². The van der Waals surface area contributed by atoms with Gasteiger partial charge >= 0.3 is 6.61 Å². The Balaban J connectivity index is 1.35. The Morgan fingerprint density at radius 3 is 2.88 bits per heavy atom. The summed E-state index contributed by atoms with van der Waals surface area (Å²) in [7, 11) is 1.69. The van der Waals surface area contributed by atoms with Gasteiger partial charge in [-0.25, -0.2) is 0 Å². The van der Waals surface area contributed by atoms with Gasteiger partial charge in [-0.1, -0.05) is 12.1 Å². The molecule has 33 heavy (non-hydrogen) atoms. The smallest absolute Gasteiger partial charge is 0.345 e. The van der Waals surface area contributed by atoms with Crippen LogP contribution in [0, 0.1) is 6.92 Å². The molecule has 5 rings (SSSR count). The Labute approximate surface area is 189 Å². The molecule has 176 valence electrons. The third-order valence-corrected chi connectivity index (χ3v) is 7.03. The number of halogens is 2. The van der Waals surface area contributed by atoms with E-state index in [2.05, 4.69) is 19.9 Å². The van der Waals surface area contributed by atoms with Crippen molar-refractivity contribution >= 4 is 16.8 Å². The van der Waals surface area contributed by atoms with E-state index < -0.39 is 18.4 Å². The number of aromatic amines is 2. The quantitative estimate of drug-likeness (QED) is 0.472. The van der Waals surface area contributed by atoms with E-state index in [4.69, 9.17) is 0 Å². The van der Waals surface area contributed by atoms with Gasteiger partial charge in [0.1, 0.15) is 11.4 Å². The van der Waals surface area contributed by atoms with Crippen molar-refractivity contribution in [3.63, 3.8) is 0 Å². The highest BCUT2D eigenvalue weighted by Crippen LogP contribution is 2.45. The second kappa shape index (κ2) is 8.19. The van der Waals surface area contributed by atoms with Crippen molar-refractivity contribution in [3.05, 3.63) is 52.5 Å². The zero-order valence-electron chi connectivity index (χ0n) is 18.6. The minimum atomic E-state index is -2.85. The van der Waals surface area contributed by atoms with E-state index in [1.54, 1.807) is 16.8 Å². The van der Waals surface area contributed by atoms with Crippen LogP contribution in [0.15, 0.2) is 24.3 Å². The lowest BCUT2D eigenvalue weighted by molar-refractivity contribution is -0.154. The number of H-pyrrole nitrogens is 2. The van der Waals surface area contributed by atoms with Crippen molar-refractivity contribution in [1.82, 2.24) is 25.0 Å². The van der Waals surface area contributed by atoms with E-state index in [1.807, 2.05) is 31.2 Å². The van der Waals surface area contributed by atoms with Crippen LogP contribution in [0.25, 0.3) is 10.9 Å². The van der Waals surface area contributed by atoms with Crippen LogP contribution >= 0.6 is 0 Å². The molecule has 1 saturated carbocycles. The molecule has 0 saturated heterocycles. The molecular weight excluding hydrogens is 432 g/mol. The van der Waals surface area contributed by atoms with Crippen LogP contribution in [0.2, 0.25) is 0 Å². The van der Waals surface area contributed by atoms with E-state index in [9.17, 15) is 18.7 Å². The number of hydrogen-bond donors (Lipinski definition) is 3. The van der Waals surface area contributed by atoms with Gasteiger partial charge in [0, 0.05) is 47.2 Å². The number of fused-ring (bicyclic) bond motifs is 2. The van der Waals surface area contributed by atoms with Gasteiger partial charge < -0.3 is 19.7 Å². The largest absolute Gasteiger partial charge is 0.372 e. The molecule has 0 bridgehead atoms. The number of carbonyl (C=O) groups is 1. The summed E-state index contributed by atoms with van der Waals surface area (Å²) in [6.45, 7) is -0.166. The Kier molecular flexibility index (Phi) is 5.46. The average molecular weight is 459 g/mol. The number of aromatic nitrogens is 3. The molecule has 1 aliphatic carbocycles. The fourth-order valence-corrected chi connectivity index (χ4v) is 4.70. The van der Waals surface area contributed by atoms with Crippen molar-refractivity contribution in [2.75, 3.05) is 20.2 Å². The number of alkyl halides is 2. The molecular formula is C23H27F2N5O3. The third kappa shape index (κ3) is 3.92. The summed E-state index contributed by atoms with van der Waals surface area (Å²) in [4.78, 5) is 19.8. The molecule has 2 aromatic heterocycles. The van der Waals surface area contributed by atoms with Crippen LogP contribution < -0.4 is 0 Å². The van der Waals surface area contributed by atoms with Gasteiger partial charge in [-0.05, 0) is 44.5 Å². The Hall–Kier alpha value is -2.82. The fraction of sp³-hybridized carbons (Fsp3) is 0.478. The number of aliphatic hydroxyl groups excluding tert-OH is 1. The van der Waals surface area contributed by atoms with Gasteiger partial charge in [-0.3, -0.25) is 14.8 Å². The summed E-state index contributed by atoms with van der Waals surface area (Å²) < 4.78 is 29.6. The molecule has 1 aliphatic heterocycles. The first-order chi connectivity index (χ1) is 15.8. The second-order valence-electron chi connectivity index (χ2n) is 9.04. The SMILES string of the molecule is Cc1cccc2[nH]c(C(=O)N3CCc4[nH]nc(C(O)N(C)C5(COC(F)F)CC5)c4C3)cc12. The number of carbonyl (C=O) groups excluding carboxylic acids is 1. The number of hydrogen-bond acceptors (Lipinski definition) is 5. The molecule has 1 atom stereocenters. The van der Waals surface area contributed by atoms with Crippen LogP contribution in [0.5, 0.6) is 0 Å². The Morgan fingerprint density at radius 2 is 2.18 bits per heavy atom. The van der Waals surface area contributed by atoms with Gasteiger partial charge in [0.05, 0.1) is 6.61 Å². The molecule has 8 nitrogen and oxygen atoms in total. The number of rotatable bonds is 7. The van der Waals surface area contributed by atoms with Crippen LogP contribution in [-0.2, 0) is 17.7 Å². The summed E-state index contributed by atoms with van der Waals surface area (Å²) in [5.74, 6) is -0.116. The molecule has 3 N–H and O–H groups in total. The van der Waals surface area contributed by atoms with Crippen LogP contribution in [0.4, 0.5) is 8.78 Å². The lowest BCUT2D eigenvalue weighted by Crippen LogP contribution is -2.42. The van der Waals surface area contributed by atoms with Gasteiger partial charge in [-0.15, -0.1) is 0 Å². The van der Waals surface area contributed by atoms with E-state index in [1.165, 1.54) is 0 Å². The molecule has 1 amide bonds. The van der Waals surface area contributed by atoms with Crippen LogP contribution in [0.3, 0.4) is 0 Å². The molecule has 0 spiro atoms. The van der Waals surface area contributed by atoms with Crippen LogP contribution in [-0.4, -0.2) is 68.3 Å². The summed E-state index contributed by atoms with van der Waals surface area (Å²) in [6.07, 6.45) is 0.803. The minimum Gasteiger partial charge on any atom is -0.372 e. The van der Waals surface area contributed by atoms with Crippen molar-refractivity contribution < 1.29 is 23.4 Å². The maximum Gasteiger partial charge on any atom is 0.345 e. The number of nitrogens with zero attached hydrogens (tertiary/aromatic N) is 3. The number of aliphatic hydroxyl groups is 1. The average Bonchev–Trinajstić information content (AvgIpc) is 3.27. The summed E-state index contributed by atoms with van der Waals surface area (Å²) in [5, 5.41) is 19.3. The number of benzene rings is 1. The molecule has 1 fully saturated rings. The molecule has 2 aliphatic rings. The van der Waals surface area contributed by atoms with Crippen molar-refractivity contribution in [2.45, 2.75) is 51.1 Å². The highest BCUT2D eigenvalue weighted by atomic mass is 19.3. The molecule has 1 aromatic carbocycles. The predicted octanol–water partition coefficient (Wildman–Crippen LogP) is 3.09. The van der Waals surface area contributed by atoms with Gasteiger partial charge in [-0.2, -0.15) is 13.9 Å². The maximum absolute atomic E-state index is 13.2. The number of ether oxygens (including phenoxy) is 1. The first-order valence-electron chi connectivity index (χ1n) is 11.0. The van der Waals surface area contributed by atoms with Gasteiger partial charge in [0.2, 0.25) is 0 Å². The number of likely N-dealkylation sites (N-methyl/N-ethyl adjacent to an activating group) is 1. The maximum atomic E-state index is 13.2. The summed E-state index contributed by atoms with van der Waals surface area (Å²) in [5.41, 5.74) is 3.96.